The summed E-state index contributed by atoms with van der Waals surface area (Å²) in [6.45, 7) is 5.22. The highest BCUT2D eigenvalue weighted by Crippen LogP contribution is 2.28. The SMILES string of the molecule is Cc1cc(Cn2cc(C(=O)O)cn2)ccc1N1CCN2CCCCC2C1=O. The van der Waals surface area contributed by atoms with E-state index in [1.165, 1.54) is 18.8 Å². The number of benzene rings is 1. The number of nitrogens with zero attached hydrogens (tertiary/aromatic N) is 4. The van der Waals surface area contributed by atoms with E-state index >= 15 is 0 Å². The number of aromatic nitrogens is 2. The van der Waals surface area contributed by atoms with E-state index in [4.69, 9.17) is 5.11 Å². The predicted molar refractivity (Wildman–Crippen MR) is 101 cm³/mol. The molecule has 0 radical (unpaired) electrons. The van der Waals surface area contributed by atoms with Gasteiger partial charge in [-0.3, -0.25) is 14.4 Å². The van der Waals surface area contributed by atoms with Gasteiger partial charge in [0, 0.05) is 25.0 Å². The van der Waals surface area contributed by atoms with Crippen LogP contribution in [0.15, 0.2) is 30.6 Å². The van der Waals surface area contributed by atoms with Gasteiger partial charge in [0.15, 0.2) is 0 Å². The Bertz CT molecular complexity index is 876. The number of aromatic carboxylic acids is 1. The van der Waals surface area contributed by atoms with Crippen LogP contribution in [0.3, 0.4) is 0 Å². The van der Waals surface area contributed by atoms with Gasteiger partial charge in [-0.05, 0) is 43.5 Å². The number of hydrogen-bond acceptors (Lipinski definition) is 4. The van der Waals surface area contributed by atoms with E-state index in [0.717, 1.165) is 49.3 Å². The zero-order valence-electron chi connectivity index (χ0n) is 15.5. The van der Waals surface area contributed by atoms with Crippen molar-refractivity contribution in [3.05, 3.63) is 47.3 Å². The number of amides is 1. The Balaban J connectivity index is 1.51. The van der Waals surface area contributed by atoms with E-state index in [-0.39, 0.29) is 17.5 Å². The van der Waals surface area contributed by atoms with Gasteiger partial charge < -0.3 is 10.0 Å². The normalized spacial score (nSPS) is 20.6. The molecule has 7 heteroatoms. The van der Waals surface area contributed by atoms with E-state index in [2.05, 4.69) is 16.1 Å². The van der Waals surface area contributed by atoms with E-state index in [9.17, 15) is 9.59 Å². The number of hydrogen-bond donors (Lipinski definition) is 1. The predicted octanol–water partition coefficient (Wildman–Crippen LogP) is 2.14. The first kappa shape index (κ1) is 17.7. The zero-order valence-corrected chi connectivity index (χ0v) is 15.5. The topological polar surface area (TPSA) is 78.7 Å². The standard InChI is InChI=1S/C20H24N4O3/c1-14-10-15(12-23-13-16(11-21-23)20(26)27)5-6-17(14)24-9-8-22-7-3-2-4-18(22)19(24)25/h5-6,10-11,13,18H,2-4,7-9,12H2,1H3,(H,26,27). The van der Waals surface area contributed by atoms with Crippen molar-refractivity contribution in [2.24, 2.45) is 0 Å². The van der Waals surface area contributed by atoms with Crippen molar-refractivity contribution in [1.29, 1.82) is 0 Å². The molecule has 2 saturated heterocycles. The maximum Gasteiger partial charge on any atom is 0.338 e. The van der Waals surface area contributed by atoms with Crippen LogP contribution in [-0.4, -0.2) is 57.3 Å². The van der Waals surface area contributed by atoms with Gasteiger partial charge in [-0.25, -0.2) is 4.79 Å². The molecule has 2 aliphatic rings. The van der Waals surface area contributed by atoms with Crippen LogP contribution in [0.4, 0.5) is 5.69 Å². The highest BCUT2D eigenvalue weighted by atomic mass is 16.4. The van der Waals surface area contributed by atoms with Crippen LogP contribution in [0.5, 0.6) is 0 Å². The summed E-state index contributed by atoms with van der Waals surface area (Å²) in [5.74, 6) is -0.761. The van der Waals surface area contributed by atoms with Crippen molar-refractivity contribution < 1.29 is 14.7 Å². The minimum Gasteiger partial charge on any atom is -0.478 e. The summed E-state index contributed by atoms with van der Waals surface area (Å²) < 4.78 is 1.61. The largest absolute Gasteiger partial charge is 0.478 e. The highest BCUT2D eigenvalue weighted by Gasteiger charge is 2.36. The van der Waals surface area contributed by atoms with Crippen molar-refractivity contribution in [2.75, 3.05) is 24.5 Å². The molecule has 1 aromatic heterocycles. The number of aryl methyl sites for hydroxylation is 1. The maximum absolute atomic E-state index is 13.0. The van der Waals surface area contributed by atoms with Crippen molar-refractivity contribution in [1.82, 2.24) is 14.7 Å². The zero-order chi connectivity index (χ0) is 19.0. The van der Waals surface area contributed by atoms with Gasteiger partial charge in [0.05, 0.1) is 24.3 Å². The third-order valence-electron chi connectivity index (χ3n) is 5.55. The lowest BCUT2D eigenvalue weighted by molar-refractivity contribution is -0.127. The minimum atomic E-state index is -0.979. The van der Waals surface area contributed by atoms with E-state index in [0.29, 0.717) is 6.54 Å². The fourth-order valence-corrected chi connectivity index (χ4v) is 4.16. The summed E-state index contributed by atoms with van der Waals surface area (Å²) in [4.78, 5) is 28.2. The average Bonchev–Trinajstić information content (AvgIpc) is 3.12. The van der Waals surface area contributed by atoms with Gasteiger partial charge in [-0.1, -0.05) is 18.6 Å². The summed E-state index contributed by atoms with van der Waals surface area (Å²) in [5, 5.41) is 13.1. The minimum absolute atomic E-state index is 0.0325. The lowest BCUT2D eigenvalue weighted by Crippen LogP contribution is -2.58. The second-order valence-corrected chi connectivity index (χ2v) is 7.39. The Kier molecular flexibility index (Phi) is 4.70. The summed E-state index contributed by atoms with van der Waals surface area (Å²) in [6.07, 6.45) is 6.15. The summed E-state index contributed by atoms with van der Waals surface area (Å²) in [5.41, 5.74) is 3.23. The number of carboxylic acid groups (broad SMARTS) is 1. The van der Waals surface area contributed by atoms with Crippen molar-refractivity contribution in [3.63, 3.8) is 0 Å². The lowest BCUT2D eigenvalue weighted by atomic mass is 9.97. The third-order valence-corrected chi connectivity index (χ3v) is 5.55. The van der Waals surface area contributed by atoms with E-state index in [1.807, 2.05) is 24.0 Å². The van der Waals surface area contributed by atoms with Crippen LogP contribution in [0.1, 0.15) is 40.7 Å². The fourth-order valence-electron chi connectivity index (χ4n) is 4.16. The van der Waals surface area contributed by atoms with Gasteiger partial charge in [0.2, 0.25) is 5.91 Å². The summed E-state index contributed by atoms with van der Waals surface area (Å²) in [7, 11) is 0. The second kappa shape index (κ2) is 7.15. The molecule has 2 aliphatic heterocycles. The molecule has 3 heterocycles. The van der Waals surface area contributed by atoms with Crippen molar-refractivity contribution >= 4 is 17.6 Å². The smallest absolute Gasteiger partial charge is 0.338 e. The maximum atomic E-state index is 13.0. The molecule has 1 aromatic carbocycles. The summed E-state index contributed by atoms with van der Waals surface area (Å²) >= 11 is 0. The molecule has 2 aromatic rings. The van der Waals surface area contributed by atoms with Crippen LogP contribution in [0, 0.1) is 6.92 Å². The van der Waals surface area contributed by atoms with Crippen LogP contribution in [-0.2, 0) is 11.3 Å². The fraction of sp³-hybridized carbons (Fsp3) is 0.450. The van der Waals surface area contributed by atoms with Crippen LogP contribution >= 0.6 is 0 Å². The van der Waals surface area contributed by atoms with Gasteiger partial charge >= 0.3 is 5.97 Å². The second-order valence-electron chi connectivity index (χ2n) is 7.39. The molecular formula is C20H24N4O3. The molecule has 7 nitrogen and oxygen atoms in total. The number of anilines is 1. The van der Waals surface area contributed by atoms with Crippen LogP contribution in [0.2, 0.25) is 0 Å². The average molecular weight is 368 g/mol. The van der Waals surface area contributed by atoms with Crippen LogP contribution < -0.4 is 4.90 Å². The lowest BCUT2D eigenvalue weighted by Gasteiger charge is -2.43. The van der Waals surface area contributed by atoms with Gasteiger partial charge in [0.25, 0.3) is 0 Å². The molecule has 27 heavy (non-hydrogen) atoms. The molecule has 1 atom stereocenters. The number of rotatable bonds is 4. The number of carboxylic acids is 1. The molecule has 1 N–H and O–H groups in total. The molecule has 0 spiro atoms. The van der Waals surface area contributed by atoms with Gasteiger partial charge in [-0.15, -0.1) is 0 Å². The Morgan fingerprint density at radius 3 is 2.85 bits per heavy atom. The molecule has 4 rings (SSSR count). The Morgan fingerprint density at radius 2 is 2.11 bits per heavy atom. The molecule has 1 amide bonds. The molecule has 142 valence electrons. The number of carbonyl (C=O) groups excluding carboxylic acids is 1. The first-order valence-electron chi connectivity index (χ1n) is 9.43. The molecule has 0 aliphatic carbocycles. The number of carbonyl (C=O) groups is 2. The number of piperazine rings is 1. The van der Waals surface area contributed by atoms with E-state index in [1.54, 1.807) is 4.68 Å². The number of fused-ring (bicyclic) bond motifs is 1. The first-order valence-corrected chi connectivity index (χ1v) is 9.43. The molecule has 0 bridgehead atoms. The van der Waals surface area contributed by atoms with Crippen molar-refractivity contribution in [3.8, 4) is 0 Å². The molecular weight excluding hydrogens is 344 g/mol. The van der Waals surface area contributed by atoms with Gasteiger partial charge in [-0.2, -0.15) is 5.10 Å². The third kappa shape index (κ3) is 3.47. The Morgan fingerprint density at radius 1 is 1.26 bits per heavy atom. The number of piperidine rings is 1. The molecule has 0 saturated carbocycles. The quantitative estimate of drug-likeness (QED) is 0.895. The van der Waals surface area contributed by atoms with Gasteiger partial charge in [0.1, 0.15) is 0 Å². The first-order chi connectivity index (χ1) is 13.0. The van der Waals surface area contributed by atoms with Crippen molar-refractivity contribution in [2.45, 2.75) is 38.8 Å². The summed E-state index contributed by atoms with van der Waals surface area (Å²) in [6, 6.07) is 6.08. The van der Waals surface area contributed by atoms with E-state index < -0.39 is 5.97 Å². The Labute approximate surface area is 158 Å². The molecule has 1 unspecified atom stereocenters. The monoisotopic (exact) mass is 368 g/mol. The Hall–Kier alpha value is -2.67. The molecule has 2 fully saturated rings. The highest BCUT2D eigenvalue weighted by molar-refractivity contribution is 5.98. The van der Waals surface area contributed by atoms with Crippen LogP contribution in [0.25, 0.3) is 0 Å².